The molecule has 0 aliphatic carbocycles. The average Bonchev–Trinajstić information content (AvgIpc) is 3.25. The lowest BCUT2D eigenvalue weighted by molar-refractivity contribution is -0.119. The number of carbonyl (C=O) groups is 1. The zero-order valence-corrected chi connectivity index (χ0v) is 16.5. The maximum Gasteiger partial charge on any atom is 0.251 e. The van der Waals surface area contributed by atoms with Gasteiger partial charge in [0.1, 0.15) is 6.04 Å². The number of hydrogen-bond acceptors (Lipinski definition) is 4. The first-order valence-electron chi connectivity index (χ1n) is 9.53. The summed E-state index contributed by atoms with van der Waals surface area (Å²) in [6.45, 7) is 11.8. The minimum Gasteiger partial charge on any atom is -0.309 e. The highest BCUT2D eigenvalue weighted by Crippen LogP contribution is 2.21. The van der Waals surface area contributed by atoms with Crippen LogP contribution in [0.3, 0.4) is 0 Å². The molecule has 0 aliphatic heterocycles. The smallest absolute Gasteiger partial charge is 0.251 e. The van der Waals surface area contributed by atoms with Gasteiger partial charge in [0.2, 0.25) is 5.95 Å². The van der Waals surface area contributed by atoms with Crippen LogP contribution in [0.2, 0.25) is 0 Å². The number of benzene rings is 1. The molecule has 3 rings (SSSR count). The van der Waals surface area contributed by atoms with Crippen molar-refractivity contribution >= 4 is 22.9 Å². The van der Waals surface area contributed by atoms with Crippen molar-refractivity contribution in [1.82, 2.24) is 24.2 Å². The van der Waals surface area contributed by atoms with Gasteiger partial charge in [-0.15, -0.1) is 0 Å². The number of anilines is 1. The van der Waals surface area contributed by atoms with Gasteiger partial charge in [0.05, 0.1) is 11.0 Å². The first-order valence-corrected chi connectivity index (χ1v) is 9.53. The number of nitrogens with zero attached hydrogens (tertiary/aromatic N) is 5. The number of para-hydroxylation sites is 2. The van der Waals surface area contributed by atoms with E-state index in [0.29, 0.717) is 5.95 Å². The zero-order valence-electron chi connectivity index (χ0n) is 16.5. The molecule has 1 amide bonds. The van der Waals surface area contributed by atoms with E-state index in [1.807, 2.05) is 44.2 Å². The second-order valence-corrected chi connectivity index (χ2v) is 6.69. The molecule has 1 N–H and O–H groups in total. The van der Waals surface area contributed by atoms with Crippen LogP contribution < -0.4 is 5.32 Å². The van der Waals surface area contributed by atoms with E-state index in [4.69, 9.17) is 0 Å². The molecule has 2 aromatic heterocycles. The summed E-state index contributed by atoms with van der Waals surface area (Å²) in [6, 6.07) is 9.46. The van der Waals surface area contributed by atoms with E-state index < -0.39 is 6.04 Å². The van der Waals surface area contributed by atoms with Crippen molar-refractivity contribution in [2.45, 2.75) is 40.3 Å². The summed E-state index contributed by atoms with van der Waals surface area (Å²) >= 11 is 0. The fourth-order valence-corrected chi connectivity index (χ4v) is 3.29. The van der Waals surface area contributed by atoms with Crippen molar-refractivity contribution in [1.29, 1.82) is 0 Å². The summed E-state index contributed by atoms with van der Waals surface area (Å²) in [7, 11) is 0. The normalized spacial score (nSPS) is 12.6. The fourth-order valence-electron chi connectivity index (χ4n) is 3.29. The van der Waals surface area contributed by atoms with Crippen molar-refractivity contribution in [3.05, 3.63) is 42.2 Å². The highest BCUT2D eigenvalue weighted by molar-refractivity contribution is 5.93. The van der Waals surface area contributed by atoms with Crippen molar-refractivity contribution in [3.8, 4) is 0 Å². The standard InChI is InChI=1S/C20H28N6O/c1-5-24(6-2)13-14-25-18-10-8-7-9-17(18)22-20(25)23-19(27)16(4)26-15(3)11-12-21-26/h7-12,16H,5-6,13-14H2,1-4H3,(H,22,23,27). The molecular weight excluding hydrogens is 340 g/mol. The molecule has 7 heteroatoms. The number of aromatic nitrogens is 4. The van der Waals surface area contributed by atoms with E-state index in [9.17, 15) is 4.79 Å². The quantitative estimate of drug-likeness (QED) is 0.663. The molecule has 1 unspecified atom stereocenters. The number of amides is 1. The number of imidazole rings is 1. The molecule has 27 heavy (non-hydrogen) atoms. The van der Waals surface area contributed by atoms with Gasteiger partial charge in [-0.1, -0.05) is 26.0 Å². The third-order valence-corrected chi connectivity index (χ3v) is 5.04. The Bertz CT molecular complexity index is 908. The number of fused-ring (bicyclic) bond motifs is 1. The molecule has 0 fully saturated rings. The van der Waals surface area contributed by atoms with Crippen LogP contribution in [0.4, 0.5) is 5.95 Å². The predicted octanol–water partition coefficient (Wildman–Crippen LogP) is 3.08. The molecule has 1 aromatic carbocycles. The van der Waals surface area contributed by atoms with Crippen molar-refractivity contribution in [3.63, 3.8) is 0 Å². The molecule has 7 nitrogen and oxygen atoms in total. The van der Waals surface area contributed by atoms with E-state index in [-0.39, 0.29) is 5.91 Å². The number of hydrogen-bond donors (Lipinski definition) is 1. The van der Waals surface area contributed by atoms with Crippen molar-refractivity contribution < 1.29 is 4.79 Å². The number of carbonyl (C=O) groups excluding carboxylic acids is 1. The number of likely N-dealkylation sites (N-methyl/N-ethyl adjacent to an activating group) is 1. The summed E-state index contributed by atoms with van der Waals surface area (Å²) in [5, 5.41) is 7.26. The van der Waals surface area contributed by atoms with Crippen LogP contribution in [0, 0.1) is 6.92 Å². The topological polar surface area (TPSA) is 68.0 Å². The Hall–Kier alpha value is -2.67. The van der Waals surface area contributed by atoms with Gasteiger partial charge in [-0.05, 0) is 45.1 Å². The van der Waals surface area contributed by atoms with E-state index in [1.165, 1.54) is 0 Å². The van der Waals surface area contributed by atoms with Gasteiger partial charge >= 0.3 is 0 Å². The lowest BCUT2D eigenvalue weighted by Crippen LogP contribution is -2.29. The Morgan fingerprint density at radius 3 is 2.63 bits per heavy atom. The van der Waals surface area contributed by atoms with E-state index in [1.54, 1.807) is 10.9 Å². The van der Waals surface area contributed by atoms with Gasteiger partial charge in [0.15, 0.2) is 0 Å². The third kappa shape index (κ3) is 4.03. The van der Waals surface area contributed by atoms with Crippen LogP contribution in [-0.4, -0.2) is 49.8 Å². The Kier molecular flexibility index (Phi) is 5.91. The SMILES string of the molecule is CCN(CC)CCn1c(NC(=O)C(C)n2nccc2C)nc2ccccc21. The minimum absolute atomic E-state index is 0.124. The maximum atomic E-state index is 12.8. The van der Waals surface area contributed by atoms with Crippen LogP contribution in [0.25, 0.3) is 11.0 Å². The van der Waals surface area contributed by atoms with E-state index >= 15 is 0 Å². The van der Waals surface area contributed by atoms with Crippen LogP contribution in [0.1, 0.15) is 32.5 Å². The van der Waals surface area contributed by atoms with Gasteiger partial charge in [-0.2, -0.15) is 5.10 Å². The molecule has 0 aliphatic rings. The van der Waals surface area contributed by atoms with Gasteiger partial charge < -0.3 is 9.47 Å². The predicted molar refractivity (Wildman–Crippen MR) is 108 cm³/mol. The van der Waals surface area contributed by atoms with Gasteiger partial charge in [-0.3, -0.25) is 14.8 Å². The van der Waals surface area contributed by atoms with E-state index in [0.717, 1.165) is 42.9 Å². The summed E-state index contributed by atoms with van der Waals surface area (Å²) in [6.07, 6.45) is 1.71. The Balaban J connectivity index is 1.85. The maximum absolute atomic E-state index is 12.8. The molecular formula is C20H28N6O. The van der Waals surface area contributed by atoms with Crippen LogP contribution in [-0.2, 0) is 11.3 Å². The Morgan fingerprint density at radius 1 is 1.22 bits per heavy atom. The Morgan fingerprint density at radius 2 is 1.96 bits per heavy atom. The second kappa shape index (κ2) is 8.35. The highest BCUT2D eigenvalue weighted by atomic mass is 16.2. The van der Waals surface area contributed by atoms with Crippen LogP contribution >= 0.6 is 0 Å². The lowest BCUT2D eigenvalue weighted by atomic mass is 10.3. The first-order chi connectivity index (χ1) is 13.0. The van der Waals surface area contributed by atoms with Crippen molar-refractivity contribution in [2.24, 2.45) is 0 Å². The molecule has 0 bridgehead atoms. The third-order valence-electron chi connectivity index (χ3n) is 5.04. The monoisotopic (exact) mass is 368 g/mol. The second-order valence-electron chi connectivity index (χ2n) is 6.69. The first kappa shape index (κ1) is 19.1. The van der Waals surface area contributed by atoms with Gasteiger partial charge in [-0.25, -0.2) is 4.98 Å². The molecule has 144 valence electrons. The average molecular weight is 368 g/mol. The highest BCUT2D eigenvalue weighted by Gasteiger charge is 2.20. The Labute approximate surface area is 160 Å². The molecule has 0 spiro atoms. The molecule has 1 atom stereocenters. The van der Waals surface area contributed by atoms with Gasteiger partial charge in [0.25, 0.3) is 5.91 Å². The number of aryl methyl sites for hydroxylation is 1. The van der Waals surface area contributed by atoms with E-state index in [2.05, 4.69) is 38.7 Å². The summed E-state index contributed by atoms with van der Waals surface area (Å²) < 4.78 is 3.81. The summed E-state index contributed by atoms with van der Waals surface area (Å²) in [5.41, 5.74) is 2.87. The lowest BCUT2D eigenvalue weighted by Gasteiger charge is -2.20. The summed E-state index contributed by atoms with van der Waals surface area (Å²) in [5.74, 6) is 0.464. The van der Waals surface area contributed by atoms with Crippen molar-refractivity contribution in [2.75, 3.05) is 25.0 Å². The molecule has 3 aromatic rings. The molecule has 0 saturated heterocycles. The van der Waals surface area contributed by atoms with Gasteiger partial charge in [0, 0.05) is 25.0 Å². The van der Waals surface area contributed by atoms with Crippen LogP contribution in [0.15, 0.2) is 36.5 Å². The zero-order chi connectivity index (χ0) is 19.4. The fraction of sp³-hybridized carbons (Fsp3) is 0.450. The molecule has 2 heterocycles. The summed E-state index contributed by atoms with van der Waals surface area (Å²) in [4.78, 5) is 19.8. The minimum atomic E-state index is -0.406. The molecule has 0 radical (unpaired) electrons. The van der Waals surface area contributed by atoms with Crippen LogP contribution in [0.5, 0.6) is 0 Å². The largest absolute Gasteiger partial charge is 0.309 e. The number of nitrogens with one attached hydrogen (secondary N) is 1. The number of rotatable bonds is 8. The molecule has 0 saturated carbocycles.